The van der Waals surface area contributed by atoms with Crippen LogP contribution < -0.4 is 5.32 Å². The highest BCUT2D eigenvalue weighted by Gasteiger charge is 2.31. The molecular weight excluding hydrogens is 302 g/mol. The van der Waals surface area contributed by atoms with Gasteiger partial charge in [0.2, 0.25) is 0 Å². The molecule has 0 atom stereocenters. The van der Waals surface area contributed by atoms with Crippen molar-refractivity contribution >= 4 is 11.9 Å². The molecule has 2 rings (SSSR count). The summed E-state index contributed by atoms with van der Waals surface area (Å²) in [5.41, 5.74) is 2.22. The van der Waals surface area contributed by atoms with Gasteiger partial charge in [-0.05, 0) is 37.5 Å². The van der Waals surface area contributed by atoms with Crippen molar-refractivity contribution in [2.24, 2.45) is 0 Å². The Morgan fingerprint density at radius 2 is 1.62 bits per heavy atom. The van der Waals surface area contributed by atoms with Gasteiger partial charge in [0.25, 0.3) is 5.91 Å². The molecule has 0 aliphatic heterocycles. The minimum absolute atomic E-state index is 0.277. The van der Waals surface area contributed by atoms with Crippen molar-refractivity contribution in [2.45, 2.75) is 32.7 Å². The van der Waals surface area contributed by atoms with E-state index in [4.69, 9.17) is 4.74 Å². The van der Waals surface area contributed by atoms with Gasteiger partial charge in [-0.25, -0.2) is 0 Å². The molecule has 0 aliphatic carbocycles. The third-order valence-corrected chi connectivity index (χ3v) is 4.08. The molecule has 0 saturated carbocycles. The van der Waals surface area contributed by atoms with E-state index in [0.29, 0.717) is 6.54 Å². The Kier molecular flexibility index (Phi) is 5.74. The smallest absolute Gasteiger partial charge is 0.316 e. The predicted molar refractivity (Wildman–Crippen MR) is 93.5 cm³/mol. The van der Waals surface area contributed by atoms with Gasteiger partial charge in [0.1, 0.15) is 0 Å². The standard InChI is InChI=1S/C20H23NO3/c1-15-9-7-8-10-16(15)13-21-18(22)14-24-19(23)20(2,3)17-11-5-4-6-12-17/h4-12H,13-14H2,1-3H3,(H,21,22). The third-order valence-electron chi connectivity index (χ3n) is 4.08. The lowest BCUT2D eigenvalue weighted by Crippen LogP contribution is -2.35. The van der Waals surface area contributed by atoms with Crippen LogP contribution in [0.4, 0.5) is 0 Å². The summed E-state index contributed by atoms with van der Waals surface area (Å²) in [6.07, 6.45) is 0. The first kappa shape index (κ1) is 17.7. The number of esters is 1. The maximum absolute atomic E-state index is 12.3. The Morgan fingerprint density at radius 1 is 1.00 bits per heavy atom. The molecule has 4 heteroatoms. The number of hydrogen-bond donors (Lipinski definition) is 1. The number of carbonyl (C=O) groups is 2. The van der Waals surface area contributed by atoms with E-state index in [9.17, 15) is 9.59 Å². The predicted octanol–water partition coefficient (Wildman–Crippen LogP) is 3.13. The number of amides is 1. The summed E-state index contributed by atoms with van der Waals surface area (Å²) in [6.45, 7) is 5.71. The van der Waals surface area contributed by atoms with Crippen LogP contribution in [0.1, 0.15) is 30.5 Å². The summed E-state index contributed by atoms with van der Waals surface area (Å²) in [5, 5.41) is 2.77. The Labute approximate surface area is 142 Å². The summed E-state index contributed by atoms with van der Waals surface area (Å²) >= 11 is 0. The molecule has 2 aromatic carbocycles. The van der Waals surface area contributed by atoms with Gasteiger partial charge in [0.15, 0.2) is 6.61 Å². The largest absolute Gasteiger partial charge is 0.455 e. The summed E-state index contributed by atoms with van der Waals surface area (Å²) in [5.74, 6) is -0.727. The van der Waals surface area contributed by atoms with Gasteiger partial charge in [-0.2, -0.15) is 0 Å². The van der Waals surface area contributed by atoms with Crippen LogP contribution in [0.3, 0.4) is 0 Å². The van der Waals surface area contributed by atoms with Crippen LogP contribution in [0.2, 0.25) is 0 Å². The molecule has 0 fully saturated rings. The second-order valence-corrected chi connectivity index (χ2v) is 6.27. The Hall–Kier alpha value is -2.62. The molecule has 24 heavy (non-hydrogen) atoms. The second-order valence-electron chi connectivity index (χ2n) is 6.27. The molecule has 0 aromatic heterocycles. The molecular formula is C20H23NO3. The minimum Gasteiger partial charge on any atom is -0.455 e. The molecule has 126 valence electrons. The molecule has 0 spiro atoms. The van der Waals surface area contributed by atoms with Gasteiger partial charge in [-0.1, -0.05) is 54.6 Å². The lowest BCUT2D eigenvalue weighted by atomic mass is 9.85. The molecule has 4 nitrogen and oxygen atoms in total. The lowest BCUT2D eigenvalue weighted by Gasteiger charge is -2.22. The highest BCUT2D eigenvalue weighted by molar-refractivity contribution is 5.85. The van der Waals surface area contributed by atoms with Crippen molar-refractivity contribution in [1.82, 2.24) is 5.32 Å². The molecule has 2 aromatic rings. The maximum atomic E-state index is 12.3. The van der Waals surface area contributed by atoms with E-state index in [1.807, 2.05) is 61.5 Å². The fourth-order valence-corrected chi connectivity index (χ4v) is 2.34. The van der Waals surface area contributed by atoms with Crippen LogP contribution >= 0.6 is 0 Å². The van der Waals surface area contributed by atoms with E-state index >= 15 is 0 Å². The first-order valence-corrected chi connectivity index (χ1v) is 7.95. The molecule has 0 bridgehead atoms. The van der Waals surface area contributed by atoms with Gasteiger partial charge >= 0.3 is 5.97 Å². The van der Waals surface area contributed by atoms with E-state index in [0.717, 1.165) is 16.7 Å². The fraction of sp³-hybridized carbons (Fsp3) is 0.300. The van der Waals surface area contributed by atoms with E-state index in [-0.39, 0.29) is 12.5 Å². The zero-order chi connectivity index (χ0) is 17.6. The van der Waals surface area contributed by atoms with Gasteiger partial charge in [-0.15, -0.1) is 0 Å². The van der Waals surface area contributed by atoms with Gasteiger partial charge < -0.3 is 10.1 Å². The number of hydrogen-bond acceptors (Lipinski definition) is 3. The number of ether oxygens (including phenoxy) is 1. The highest BCUT2D eigenvalue weighted by atomic mass is 16.5. The number of carbonyl (C=O) groups excluding carboxylic acids is 2. The first-order valence-electron chi connectivity index (χ1n) is 7.95. The van der Waals surface area contributed by atoms with Crippen LogP contribution in [0.25, 0.3) is 0 Å². The molecule has 0 heterocycles. The normalized spacial score (nSPS) is 11.0. The average Bonchev–Trinajstić information content (AvgIpc) is 2.59. The van der Waals surface area contributed by atoms with Gasteiger partial charge in [0, 0.05) is 6.54 Å². The van der Waals surface area contributed by atoms with Crippen molar-refractivity contribution in [3.05, 3.63) is 71.3 Å². The van der Waals surface area contributed by atoms with Crippen molar-refractivity contribution in [3.63, 3.8) is 0 Å². The molecule has 0 aliphatic rings. The molecule has 1 N–H and O–H groups in total. The van der Waals surface area contributed by atoms with Crippen LogP contribution in [-0.4, -0.2) is 18.5 Å². The van der Waals surface area contributed by atoms with E-state index in [2.05, 4.69) is 5.32 Å². The van der Waals surface area contributed by atoms with E-state index < -0.39 is 11.4 Å². The molecule has 1 amide bonds. The van der Waals surface area contributed by atoms with Crippen LogP contribution in [-0.2, 0) is 26.3 Å². The van der Waals surface area contributed by atoms with Crippen molar-refractivity contribution in [1.29, 1.82) is 0 Å². The summed E-state index contributed by atoms with van der Waals surface area (Å²) in [7, 11) is 0. The zero-order valence-corrected chi connectivity index (χ0v) is 14.3. The summed E-state index contributed by atoms with van der Waals surface area (Å²) < 4.78 is 5.19. The summed E-state index contributed by atoms with van der Waals surface area (Å²) in [4.78, 5) is 24.2. The number of benzene rings is 2. The number of nitrogens with one attached hydrogen (secondary N) is 1. The third kappa shape index (κ3) is 4.44. The van der Waals surface area contributed by atoms with Gasteiger partial charge in [-0.3, -0.25) is 9.59 Å². The van der Waals surface area contributed by atoms with Gasteiger partial charge in [0.05, 0.1) is 5.41 Å². The molecule has 0 unspecified atom stereocenters. The van der Waals surface area contributed by atoms with Crippen molar-refractivity contribution in [3.8, 4) is 0 Å². The average molecular weight is 325 g/mol. The van der Waals surface area contributed by atoms with Crippen molar-refractivity contribution in [2.75, 3.05) is 6.61 Å². The maximum Gasteiger partial charge on any atom is 0.316 e. The fourth-order valence-electron chi connectivity index (χ4n) is 2.34. The quantitative estimate of drug-likeness (QED) is 0.830. The van der Waals surface area contributed by atoms with Crippen molar-refractivity contribution < 1.29 is 14.3 Å². The number of rotatable bonds is 6. The van der Waals surface area contributed by atoms with Crippen LogP contribution in [0.5, 0.6) is 0 Å². The molecule has 0 radical (unpaired) electrons. The van der Waals surface area contributed by atoms with E-state index in [1.54, 1.807) is 13.8 Å². The Morgan fingerprint density at radius 3 is 2.29 bits per heavy atom. The SMILES string of the molecule is Cc1ccccc1CNC(=O)COC(=O)C(C)(C)c1ccccc1. The van der Waals surface area contributed by atoms with E-state index in [1.165, 1.54) is 0 Å². The minimum atomic E-state index is -0.794. The lowest BCUT2D eigenvalue weighted by molar-refractivity contribution is -0.153. The van der Waals surface area contributed by atoms with Crippen LogP contribution in [0.15, 0.2) is 54.6 Å². The highest BCUT2D eigenvalue weighted by Crippen LogP contribution is 2.24. The molecule has 0 saturated heterocycles. The Bertz CT molecular complexity index is 708. The first-order chi connectivity index (χ1) is 11.4. The number of aryl methyl sites for hydroxylation is 1. The second kappa shape index (κ2) is 7.77. The Balaban J connectivity index is 1.85. The topological polar surface area (TPSA) is 55.4 Å². The zero-order valence-electron chi connectivity index (χ0n) is 14.3. The van der Waals surface area contributed by atoms with Crippen LogP contribution in [0, 0.1) is 6.92 Å². The summed E-state index contributed by atoms with van der Waals surface area (Å²) in [6, 6.07) is 17.2. The monoisotopic (exact) mass is 325 g/mol.